The topological polar surface area (TPSA) is 116 Å². The van der Waals surface area contributed by atoms with Gasteiger partial charge in [0.1, 0.15) is 11.2 Å². The summed E-state index contributed by atoms with van der Waals surface area (Å²) in [5.41, 5.74) is -0.147. The quantitative estimate of drug-likeness (QED) is 0.575. The summed E-state index contributed by atoms with van der Waals surface area (Å²) in [5.74, 6) is -0.0137. The predicted octanol–water partition coefficient (Wildman–Crippen LogP) is -0.219. The first-order chi connectivity index (χ1) is 11.1. The number of carbonyl (C=O) groups excluding carboxylic acids is 2. The van der Waals surface area contributed by atoms with E-state index in [4.69, 9.17) is 0 Å². The second-order valence-electron chi connectivity index (χ2n) is 5.05. The minimum absolute atomic E-state index is 0.106. The summed E-state index contributed by atoms with van der Waals surface area (Å²) >= 11 is 4.35. The Hall–Kier alpha value is -2.62. The highest BCUT2D eigenvalue weighted by Gasteiger charge is 2.32. The van der Waals surface area contributed by atoms with Crippen molar-refractivity contribution in [3.05, 3.63) is 36.3 Å². The van der Waals surface area contributed by atoms with E-state index in [1.54, 1.807) is 11.0 Å². The van der Waals surface area contributed by atoms with Crippen LogP contribution in [0.3, 0.4) is 0 Å². The largest absolute Gasteiger partial charge is 0.345 e. The summed E-state index contributed by atoms with van der Waals surface area (Å²) in [6.07, 6.45) is 4.46. The molecule has 3 rings (SSSR count). The second-order valence-corrected chi connectivity index (χ2v) is 5.54. The zero-order chi connectivity index (χ0) is 16.4. The smallest absolute Gasteiger partial charge is 0.289 e. The Morgan fingerprint density at radius 2 is 2.17 bits per heavy atom. The third-order valence-electron chi connectivity index (χ3n) is 3.29. The highest BCUT2D eigenvalue weighted by molar-refractivity contribution is 7.81. The van der Waals surface area contributed by atoms with Crippen molar-refractivity contribution in [2.75, 3.05) is 11.4 Å². The van der Waals surface area contributed by atoms with Crippen molar-refractivity contribution in [2.24, 2.45) is 0 Å². The lowest BCUT2D eigenvalue weighted by Gasteiger charge is -2.35. The molecule has 0 fully saturated rings. The fraction of sp³-hybridized carbons (Fsp3) is 0.308. The Balaban J connectivity index is 1.68. The maximum absolute atomic E-state index is 12.1. The summed E-state index contributed by atoms with van der Waals surface area (Å²) in [5, 5.41) is 5.51. The average Bonchev–Trinajstić information content (AvgIpc) is 3.02. The zero-order valence-electron chi connectivity index (χ0n) is 12.2. The van der Waals surface area contributed by atoms with Crippen LogP contribution in [0.4, 0.5) is 5.82 Å². The number of thiol groups is 1. The molecule has 2 atom stereocenters. The number of nitrogens with zero attached hydrogens (tertiary/aromatic N) is 4. The molecule has 0 radical (unpaired) electrons. The van der Waals surface area contributed by atoms with Crippen LogP contribution in [0.2, 0.25) is 0 Å². The molecule has 0 aromatic carbocycles. The van der Waals surface area contributed by atoms with Crippen LogP contribution in [-0.2, 0) is 0 Å². The van der Waals surface area contributed by atoms with Gasteiger partial charge in [0.15, 0.2) is 5.82 Å². The van der Waals surface area contributed by atoms with Crippen LogP contribution < -0.4 is 15.5 Å². The monoisotopic (exact) mass is 333 g/mol. The number of hydrogen-bond acceptors (Lipinski definition) is 7. The van der Waals surface area contributed by atoms with Gasteiger partial charge in [0.05, 0.1) is 6.33 Å². The first kappa shape index (κ1) is 15.3. The van der Waals surface area contributed by atoms with Crippen LogP contribution in [0, 0.1) is 0 Å². The fourth-order valence-electron chi connectivity index (χ4n) is 2.29. The van der Waals surface area contributed by atoms with Crippen molar-refractivity contribution in [2.45, 2.75) is 18.5 Å². The lowest BCUT2D eigenvalue weighted by Crippen LogP contribution is -2.54. The molecule has 23 heavy (non-hydrogen) atoms. The van der Waals surface area contributed by atoms with Crippen LogP contribution in [0.5, 0.6) is 0 Å². The van der Waals surface area contributed by atoms with Crippen molar-refractivity contribution in [1.82, 2.24) is 30.6 Å². The number of H-pyrrole nitrogens is 1. The molecule has 1 aliphatic heterocycles. The predicted molar refractivity (Wildman–Crippen MR) is 85.1 cm³/mol. The van der Waals surface area contributed by atoms with Crippen LogP contribution in [0.1, 0.15) is 28.0 Å². The normalized spacial score (nSPS) is 18.1. The molecule has 3 N–H and O–H groups in total. The molecule has 3 heterocycles. The number of aromatic nitrogens is 4. The van der Waals surface area contributed by atoms with E-state index in [1.807, 2.05) is 6.92 Å². The summed E-state index contributed by atoms with van der Waals surface area (Å²) in [4.78, 5) is 40.4. The Morgan fingerprint density at radius 1 is 1.43 bits per heavy atom. The third kappa shape index (κ3) is 3.11. The van der Waals surface area contributed by atoms with Crippen molar-refractivity contribution >= 4 is 30.3 Å². The molecule has 2 amide bonds. The highest BCUT2D eigenvalue weighted by atomic mass is 32.1. The molecule has 2 aromatic rings. The van der Waals surface area contributed by atoms with E-state index in [0.717, 1.165) is 0 Å². The Kier molecular flexibility index (Phi) is 4.15. The molecular formula is C13H15N7O2S. The molecule has 0 bridgehead atoms. The standard InChI is InChI=1S/C13H15N7O2S/c1-7(18-12(22)9-14-3-2-4-15-9)5-20-10-8(16-6-17-10)11(21)19-13(20)23/h2-4,6-7,13,23H,5H2,1H3,(H,16,17)(H,18,22)(H,19,21). The van der Waals surface area contributed by atoms with Crippen molar-refractivity contribution < 1.29 is 9.59 Å². The molecule has 0 saturated carbocycles. The summed E-state index contributed by atoms with van der Waals surface area (Å²) < 4.78 is 0. The first-order valence-electron chi connectivity index (χ1n) is 6.93. The minimum Gasteiger partial charge on any atom is -0.345 e. The van der Waals surface area contributed by atoms with E-state index in [0.29, 0.717) is 18.1 Å². The molecule has 2 unspecified atom stereocenters. The summed E-state index contributed by atoms with van der Waals surface area (Å²) in [6, 6.07) is 1.40. The van der Waals surface area contributed by atoms with Gasteiger partial charge in [0, 0.05) is 25.0 Å². The van der Waals surface area contributed by atoms with Crippen LogP contribution in [-0.4, -0.2) is 49.8 Å². The average molecular weight is 333 g/mol. The van der Waals surface area contributed by atoms with Gasteiger partial charge in [-0.2, -0.15) is 0 Å². The number of fused-ring (bicyclic) bond motifs is 1. The van der Waals surface area contributed by atoms with Gasteiger partial charge in [0.2, 0.25) is 5.82 Å². The van der Waals surface area contributed by atoms with E-state index in [1.165, 1.54) is 18.7 Å². The number of hydrogen-bond donors (Lipinski definition) is 4. The molecule has 2 aromatic heterocycles. The molecule has 120 valence electrons. The van der Waals surface area contributed by atoms with Gasteiger partial charge in [-0.05, 0) is 13.0 Å². The third-order valence-corrected chi connectivity index (χ3v) is 3.70. The number of nitrogens with one attached hydrogen (secondary N) is 3. The maximum atomic E-state index is 12.1. The molecule has 0 spiro atoms. The number of aromatic amines is 1. The van der Waals surface area contributed by atoms with Crippen LogP contribution in [0.15, 0.2) is 24.8 Å². The maximum Gasteiger partial charge on any atom is 0.289 e. The molecule has 0 saturated heterocycles. The van der Waals surface area contributed by atoms with Gasteiger partial charge in [-0.1, -0.05) is 0 Å². The Labute approximate surface area is 137 Å². The zero-order valence-corrected chi connectivity index (χ0v) is 13.1. The highest BCUT2D eigenvalue weighted by Crippen LogP contribution is 2.23. The van der Waals surface area contributed by atoms with E-state index in [-0.39, 0.29) is 23.7 Å². The number of imidazole rings is 1. The van der Waals surface area contributed by atoms with Gasteiger partial charge >= 0.3 is 0 Å². The van der Waals surface area contributed by atoms with Crippen LogP contribution in [0.25, 0.3) is 0 Å². The van der Waals surface area contributed by atoms with E-state index in [2.05, 4.69) is 43.2 Å². The minimum atomic E-state index is -0.523. The van der Waals surface area contributed by atoms with Gasteiger partial charge in [-0.3, -0.25) is 9.59 Å². The Bertz CT molecular complexity index is 720. The lowest BCUT2D eigenvalue weighted by molar-refractivity contribution is 0.0916. The molecule has 0 aliphatic carbocycles. The van der Waals surface area contributed by atoms with Gasteiger partial charge in [0.25, 0.3) is 11.8 Å². The van der Waals surface area contributed by atoms with Gasteiger partial charge in [-0.15, -0.1) is 12.6 Å². The molecular weight excluding hydrogens is 318 g/mol. The van der Waals surface area contributed by atoms with E-state index < -0.39 is 5.50 Å². The molecule has 1 aliphatic rings. The first-order valence-corrected chi connectivity index (χ1v) is 7.44. The molecule has 9 nitrogen and oxygen atoms in total. The number of anilines is 1. The summed E-state index contributed by atoms with van der Waals surface area (Å²) in [6.45, 7) is 2.25. The number of carbonyl (C=O) groups is 2. The molecule has 10 heteroatoms. The Morgan fingerprint density at radius 3 is 2.91 bits per heavy atom. The van der Waals surface area contributed by atoms with Crippen molar-refractivity contribution in [3.8, 4) is 0 Å². The van der Waals surface area contributed by atoms with Crippen molar-refractivity contribution in [3.63, 3.8) is 0 Å². The number of rotatable bonds is 4. The van der Waals surface area contributed by atoms with Crippen LogP contribution >= 0.6 is 12.6 Å². The van der Waals surface area contributed by atoms with Crippen molar-refractivity contribution in [1.29, 1.82) is 0 Å². The second kappa shape index (κ2) is 6.24. The lowest BCUT2D eigenvalue weighted by atomic mass is 10.2. The van der Waals surface area contributed by atoms with Gasteiger partial charge < -0.3 is 20.5 Å². The van der Waals surface area contributed by atoms with E-state index >= 15 is 0 Å². The SMILES string of the molecule is CC(CN1c2nc[nH]c2C(=O)NC1S)NC(=O)c1ncccn1. The number of amides is 2. The van der Waals surface area contributed by atoms with E-state index in [9.17, 15) is 9.59 Å². The summed E-state index contributed by atoms with van der Waals surface area (Å²) in [7, 11) is 0. The van der Waals surface area contributed by atoms with Gasteiger partial charge in [-0.25, -0.2) is 15.0 Å². The fourth-order valence-corrected chi connectivity index (χ4v) is 2.61.